The second-order valence-electron chi connectivity index (χ2n) is 6.22. The van der Waals surface area contributed by atoms with E-state index < -0.39 is 0 Å². The van der Waals surface area contributed by atoms with Crippen LogP contribution in [0.4, 0.5) is 0 Å². The van der Waals surface area contributed by atoms with Crippen LogP contribution >= 0.6 is 0 Å². The Balaban J connectivity index is 1.83. The van der Waals surface area contributed by atoms with Crippen molar-refractivity contribution in [3.05, 3.63) is 82.9 Å². The van der Waals surface area contributed by atoms with Crippen molar-refractivity contribution in [3.8, 4) is 5.75 Å². The Bertz CT molecular complexity index is 1030. The first-order valence-electron chi connectivity index (χ1n) is 8.22. The molecule has 0 saturated heterocycles. The summed E-state index contributed by atoms with van der Waals surface area (Å²) in [6.07, 6.45) is 1.85. The van der Waals surface area contributed by atoms with Gasteiger partial charge in [0.1, 0.15) is 12.3 Å². The number of fused-ring (bicyclic) bond motifs is 2. The number of ketones is 1. The molecule has 0 atom stereocenters. The highest BCUT2D eigenvalue weighted by Crippen LogP contribution is 2.26. The molecular weight excluding hydrogens is 330 g/mol. The van der Waals surface area contributed by atoms with Crippen LogP contribution in [-0.4, -0.2) is 28.4 Å². The van der Waals surface area contributed by atoms with Gasteiger partial charge in [-0.05, 0) is 17.7 Å². The van der Waals surface area contributed by atoms with Gasteiger partial charge in [0.2, 0.25) is 23.5 Å². The first kappa shape index (κ1) is 16.1. The zero-order valence-corrected chi connectivity index (χ0v) is 14.5. The molecule has 6 heteroatoms. The largest absolute Gasteiger partial charge is 0.497 e. The molecule has 0 aliphatic heterocycles. The van der Waals surface area contributed by atoms with Crippen LogP contribution in [0.25, 0.3) is 0 Å². The van der Waals surface area contributed by atoms with Gasteiger partial charge in [0.15, 0.2) is 5.71 Å². The molecule has 0 amide bonds. The third-order valence-electron chi connectivity index (χ3n) is 4.65. The summed E-state index contributed by atoms with van der Waals surface area (Å²) in [5.74, 6) is 0.714. The van der Waals surface area contributed by atoms with Gasteiger partial charge < -0.3 is 9.94 Å². The van der Waals surface area contributed by atoms with Crippen LogP contribution in [-0.2, 0) is 13.6 Å². The van der Waals surface area contributed by atoms with Gasteiger partial charge in [0.05, 0.1) is 14.2 Å². The molecule has 0 saturated carbocycles. The van der Waals surface area contributed by atoms with E-state index in [1.165, 1.54) is 0 Å². The SMILES string of the molecule is COc1ccc(Cn2c[n+](C)c3c2C(=O)c2ccccc2/C3=N/O)cc1. The fourth-order valence-corrected chi connectivity index (χ4v) is 3.44. The normalized spacial score (nSPS) is 14.2. The standard InChI is InChI=1S/C20H17N3O3/c1-22-12-23(11-13-7-9-14(26-2)10-8-13)19-18(22)17(21-25)15-5-3-4-6-16(15)20(19)24/h3-10,12H,11H2,1-2H3/p+1. The van der Waals surface area contributed by atoms with E-state index in [0.717, 1.165) is 11.3 Å². The number of aryl methyl sites for hydroxylation is 1. The Kier molecular flexibility index (Phi) is 3.80. The molecular formula is C20H18N3O3+. The number of carbonyl (C=O) groups is 1. The summed E-state index contributed by atoms with van der Waals surface area (Å²) in [5.41, 5.74) is 3.77. The first-order chi connectivity index (χ1) is 12.6. The van der Waals surface area contributed by atoms with Crippen molar-refractivity contribution in [2.45, 2.75) is 6.54 Å². The number of methoxy groups -OCH3 is 1. The fourth-order valence-electron chi connectivity index (χ4n) is 3.44. The molecule has 26 heavy (non-hydrogen) atoms. The Morgan fingerprint density at radius 2 is 1.81 bits per heavy atom. The number of hydrogen-bond acceptors (Lipinski definition) is 4. The van der Waals surface area contributed by atoms with Gasteiger partial charge >= 0.3 is 0 Å². The van der Waals surface area contributed by atoms with Crippen LogP contribution in [0.2, 0.25) is 0 Å². The van der Waals surface area contributed by atoms with Crippen LogP contribution < -0.4 is 9.30 Å². The molecule has 1 N–H and O–H groups in total. The minimum atomic E-state index is -0.0721. The molecule has 1 aliphatic carbocycles. The number of carbonyl (C=O) groups excluding carboxylic acids is 1. The maximum absolute atomic E-state index is 13.1. The molecule has 0 fully saturated rings. The second kappa shape index (κ2) is 6.15. The number of nitrogens with zero attached hydrogens (tertiary/aromatic N) is 3. The van der Waals surface area contributed by atoms with E-state index in [4.69, 9.17) is 4.74 Å². The molecule has 4 rings (SSSR count). The summed E-state index contributed by atoms with van der Waals surface area (Å²) in [4.78, 5) is 13.1. The first-order valence-corrected chi connectivity index (χ1v) is 8.22. The molecule has 3 aromatic rings. The highest BCUT2D eigenvalue weighted by atomic mass is 16.5. The lowest BCUT2D eigenvalue weighted by Gasteiger charge is -2.14. The molecule has 1 heterocycles. The molecule has 1 aromatic heterocycles. The summed E-state index contributed by atoms with van der Waals surface area (Å²) in [6.45, 7) is 0.528. The highest BCUT2D eigenvalue weighted by molar-refractivity contribution is 6.28. The molecule has 0 unspecified atom stereocenters. The van der Waals surface area contributed by atoms with Gasteiger partial charge in [-0.15, -0.1) is 0 Å². The van der Waals surface area contributed by atoms with Crippen LogP contribution in [0, 0.1) is 0 Å². The third kappa shape index (κ3) is 2.38. The molecule has 1 aliphatic rings. The minimum absolute atomic E-state index is 0.0721. The van der Waals surface area contributed by atoms with Crippen molar-refractivity contribution >= 4 is 11.5 Å². The predicted octanol–water partition coefficient (Wildman–Crippen LogP) is 2.14. The maximum Gasteiger partial charge on any atom is 0.244 e. The number of rotatable bonds is 3. The quantitative estimate of drug-likeness (QED) is 0.350. The van der Waals surface area contributed by atoms with E-state index >= 15 is 0 Å². The van der Waals surface area contributed by atoms with Crippen molar-refractivity contribution in [2.75, 3.05) is 7.11 Å². The zero-order valence-electron chi connectivity index (χ0n) is 14.5. The van der Waals surface area contributed by atoms with E-state index in [-0.39, 0.29) is 5.78 Å². The van der Waals surface area contributed by atoms with Crippen molar-refractivity contribution < 1.29 is 19.3 Å². The van der Waals surface area contributed by atoms with E-state index in [9.17, 15) is 10.0 Å². The molecule has 0 bridgehead atoms. The monoisotopic (exact) mass is 348 g/mol. The van der Waals surface area contributed by atoms with Crippen LogP contribution in [0.1, 0.15) is 32.9 Å². The van der Waals surface area contributed by atoms with Gasteiger partial charge in [0, 0.05) is 11.1 Å². The Labute approximate surface area is 150 Å². The third-order valence-corrected chi connectivity index (χ3v) is 4.65. The van der Waals surface area contributed by atoms with Crippen LogP contribution in [0.15, 0.2) is 60.0 Å². The molecule has 0 spiro atoms. The average molecular weight is 348 g/mol. The van der Waals surface area contributed by atoms with Crippen molar-refractivity contribution in [1.82, 2.24) is 4.57 Å². The summed E-state index contributed by atoms with van der Waals surface area (Å²) < 4.78 is 8.90. The van der Waals surface area contributed by atoms with E-state index in [1.54, 1.807) is 19.2 Å². The zero-order chi connectivity index (χ0) is 18.3. The lowest BCUT2D eigenvalue weighted by atomic mass is 9.89. The second-order valence-corrected chi connectivity index (χ2v) is 6.22. The summed E-state index contributed by atoms with van der Waals surface area (Å²) in [6, 6.07) is 14.9. The molecule has 130 valence electrons. The number of imidazole rings is 1. The number of hydrogen-bond donors (Lipinski definition) is 1. The predicted molar refractivity (Wildman–Crippen MR) is 95.0 cm³/mol. The van der Waals surface area contributed by atoms with Gasteiger partial charge in [0.25, 0.3) is 0 Å². The molecule has 2 aromatic carbocycles. The van der Waals surface area contributed by atoms with E-state index in [0.29, 0.717) is 34.8 Å². The van der Waals surface area contributed by atoms with Gasteiger partial charge in [-0.25, -0.2) is 9.13 Å². The summed E-state index contributed by atoms with van der Waals surface area (Å²) in [5, 5.41) is 13.1. The van der Waals surface area contributed by atoms with Gasteiger partial charge in [-0.1, -0.05) is 41.6 Å². The van der Waals surface area contributed by atoms with Crippen LogP contribution in [0.5, 0.6) is 5.75 Å². The minimum Gasteiger partial charge on any atom is -0.497 e. The van der Waals surface area contributed by atoms with Crippen LogP contribution in [0.3, 0.4) is 0 Å². The summed E-state index contributed by atoms with van der Waals surface area (Å²) in [7, 11) is 3.47. The van der Waals surface area contributed by atoms with E-state index in [2.05, 4.69) is 5.16 Å². The summed E-state index contributed by atoms with van der Waals surface area (Å²) >= 11 is 0. The topological polar surface area (TPSA) is 67.7 Å². The Hall–Kier alpha value is -3.41. The number of oxime groups is 1. The lowest BCUT2D eigenvalue weighted by Crippen LogP contribution is -2.37. The number of ether oxygens (including phenoxy) is 1. The Morgan fingerprint density at radius 1 is 1.12 bits per heavy atom. The van der Waals surface area contributed by atoms with E-state index in [1.807, 2.05) is 58.9 Å². The number of aromatic nitrogens is 2. The Morgan fingerprint density at radius 3 is 2.46 bits per heavy atom. The lowest BCUT2D eigenvalue weighted by molar-refractivity contribution is -0.672. The van der Waals surface area contributed by atoms with Crippen molar-refractivity contribution in [1.29, 1.82) is 0 Å². The van der Waals surface area contributed by atoms with Crippen molar-refractivity contribution in [2.24, 2.45) is 12.2 Å². The van der Waals surface area contributed by atoms with Crippen molar-refractivity contribution in [3.63, 3.8) is 0 Å². The highest BCUT2D eigenvalue weighted by Gasteiger charge is 2.39. The maximum atomic E-state index is 13.1. The number of benzene rings is 2. The van der Waals surface area contributed by atoms with Gasteiger partial charge in [-0.3, -0.25) is 4.79 Å². The van der Waals surface area contributed by atoms with Gasteiger partial charge in [-0.2, -0.15) is 0 Å². The fraction of sp³-hybridized carbons (Fsp3) is 0.150. The smallest absolute Gasteiger partial charge is 0.244 e. The average Bonchev–Trinajstić information content (AvgIpc) is 2.99. The molecule has 0 radical (unpaired) electrons. The molecule has 6 nitrogen and oxygen atoms in total.